The standard InChI is InChI=1S/C15H27N3O2S/c1-5-15(6-2)9-11(7-8-19-15)17-14-12(20-10(3)4)13(16)18-21-14/h10-11,17H,5-9H2,1-4H3,(H2,16,18). The van der Waals surface area contributed by atoms with Gasteiger partial charge in [-0.2, -0.15) is 4.37 Å². The molecule has 0 spiro atoms. The molecule has 5 nitrogen and oxygen atoms in total. The average Bonchev–Trinajstić information content (AvgIpc) is 2.80. The summed E-state index contributed by atoms with van der Waals surface area (Å²) in [6.07, 6.45) is 4.19. The van der Waals surface area contributed by atoms with Gasteiger partial charge in [0.15, 0.2) is 16.6 Å². The smallest absolute Gasteiger partial charge is 0.197 e. The zero-order valence-electron chi connectivity index (χ0n) is 13.4. The Morgan fingerprint density at radius 1 is 1.48 bits per heavy atom. The van der Waals surface area contributed by atoms with Crippen molar-refractivity contribution in [2.45, 2.75) is 71.1 Å². The Bertz CT molecular complexity index is 458. The highest BCUT2D eigenvalue weighted by Crippen LogP contribution is 2.39. The largest absolute Gasteiger partial charge is 0.484 e. The van der Waals surface area contributed by atoms with Gasteiger partial charge in [0.25, 0.3) is 0 Å². The van der Waals surface area contributed by atoms with Gasteiger partial charge in [0.2, 0.25) is 0 Å². The zero-order chi connectivity index (χ0) is 15.5. The Labute approximate surface area is 131 Å². The van der Waals surface area contributed by atoms with Gasteiger partial charge in [-0.05, 0) is 51.1 Å². The molecule has 120 valence electrons. The zero-order valence-corrected chi connectivity index (χ0v) is 14.3. The quantitative estimate of drug-likeness (QED) is 0.838. The Kier molecular flexibility index (Phi) is 5.32. The molecule has 0 saturated carbocycles. The molecule has 1 atom stereocenters. The van der Waals surface area contributed by atoms with Gasteiger partial charge in [-0.1, -0.05) is 13.8 Å². The van der Waals surface area contributed by atoms with Crippen LogP contribution in [0, 0.1) is 0 Å². The van der Waals surface area contributed by atoms with Crippen LogP contribution in [0.15, 0.2) is 0 Å². The third kappa shape index (κ3) is 3.80. The van der Waals surface area contributed by atoms with E-state index in [-0.39, 0.29) is 11.7 Å². The van der Waals surface area contributed by atoms with Crippen LogP contribution in [0.1, 0.15) is 53.4 Å². The molecular weight excluding hydrogens is 286 g/mol. The van der Waals surface area contributed by atoms with Crippen molar-refractivity contribution in [3.8, 4) is 5.75 Å². The molecule has 2 rings (SSSR count). The van der Waals surface area contributed by atoms with E-state index in [1.165, 1.54) is 11.5 Å². The van der Waals surface area contributed by atoms with Crippen LogP contribution < -0.4 is 15.8 Å². The van der Waals surface area contributed by atoms with E-state index in [1.807, 2.05) is 13.8 Å². The summed E-state index contributed by atoms with van der Waals surface area (Å²) in [5.41, 5.74) is 5.92. The molecule has 21 heavy (non-hydrogen) atoms. The monoisotopic (exact) mass is 313 g/mol. The molecule has 0 amide bonds. The van der Waals surface area contributed by atoms with E-state index in [0.717, 1.165) is 37.3 Å². The number of anilines is 2. The predicted octanol–water partition coefficient (Wildman–Crippen LogP) is 3.66. The number of rotatable bonds is 6. The molecule has 1 saturated heterocycles. The first-order valence-corrected chi connectivity index (χ1v) is 8.59. The van der Waals surface area contributed by atoms with E-state index in [2.05, 4.69) is 23.5 Å². The van der Waals surface area contributed by atoms with Crippen LogP contribution in [0.3, 0.4) is 0 Å². The Morgan fingerprint density at radius 2 is 2.19 bits per heavy atom. The second-order valence-electron chi connectivity index (χ2n) is 5.97. The van der Waals surface area contributed by atoms with Gasteiger partial charge in [0, 0.05) is 12.6 Å². The maximum absolute atomic E-state index is 6.02. The molecule has 0 bridgehead atoms. The summed E-state index contributed by atoms with van der Waals surface area (Å²) in [6, 6.07) is 0.382. The predicted molar refractivity (Wildman–Crippen MR) is 88.2 cm³/mol. The lowest BCUT2D eigenvalue weighted by Gasteiger charge is -2.40. The van der Waals surface area contributed by atoms with Crippen molar-refractivity contribution in [3.63, 3.8) is 0 Å². The first kappa shape index (κ1) is 16.4. The van der Waals surface area contributed by atoms with E-state index < -0.39 is 0 Å². The van der Waals surface area contributed by atoms with E-state index in [9.17, 15) is 0 Å². The van der Waals surface area contributed by atoms with Crippen molar-refractivity contribution in [3.05, 3.63) is 0 Å². The number of hydrogen-bond donors (Lipinski definition) is 2. The lowest BCUT2D eigenvalue weighted by Crippen LogP contribution is -2.43. The summed E-state index contributed by atoms with van der Waals surface area (Å²) in [6.45, 7) is 9.19. The van der Waals surface area contributed by atoms with Gasteiger partial charge >= 0.3 is 0 Å². The first-order chi connectivity index (χ1) is 9.99. The molecule has 0 aromatic carbocycles. The molecule has 3 N–H and O–H groups in total. The van der Waals surface area contributed by atoms with Crippen molar-refractivity contribution in [2.75, 3.05) is 17.7 Å². The van der Waals surface area contributed by atoms with E-state index in [0.29, 0.717) is 17.6 Å². The number of aromatic nitrogens is 1. The van der Waals surface area contributed by atoms with E-state index in [4.69, 9.17) is 15.2 Å². The highest BCUT2D eigenvalue weighted by atomic mass is 32.1. The van der Waals surface area contributed by atoms with Crippen LogP contribution in [0.4, 0.5) is 10.8 Å². The van der Waals surface area contributed by atoms with Crippen molar-refractivity contribution < 1.29 is 9.47 Å². The lowest BCUT2D eigenvalue weighted by molar-refractivity contribution is -0.0864. The fourth-order valence-corrected chi connectivity index (χ4v) is 3.54. The van der Waals surface area contributed by atoms with Gasteiger partial charge in [0.05, 0.1) is 11.7 Å². The summed E-state index contributed by atoms with van der Waals surface area (Å²) >= 11 is 1.38. The molecule has 1 fully saturated rings. The summed E-state index contributed by atoms with van der Waals surface area (Å²) < 4.78 is 16.0. The molecule has 6 heteroatoms. The molecule has 1 unspecified atom stereocenters. The maximum atomic E-state index is 6.02. The van der Waals surface area contributed by atoms with Crippen LogP contribution in [0.25, 0.3) is 0 Å². The second kappa shape index (κ2) is 6.83. The molecule has 1 aliphatic rings. The fourth-order valence-electron chi connectivity index (χ4n) is 2.81. The SMILES string of the molecule is CCC1(CC)CC(Nc2snc(N)c2OC(C)C)CCO1. The van der Waals surface area contributed by atoms with Crippen LogP contribution in [0.2, 0.25) is 0 Å². The van der Waals surface area contributed by atoms with Crippen molar-refractivity contribution in [1.29, 1.82) is 0 Å². The molecule has 2 heterocycles. The van der Waals surface area contributed by atoms with Gasteiger partial charge < -0.3 is 20.5 Å². The topological polar surface area (TPSA) is 69.4 Å². The van der Waals surface area contributed by atoms with Crippen LogP contribution in [0.5, 0.6) is 5.75 Å². The summed E-state index contributed by atoms with van der Waals surface area (Å²) in [5.74, 6) is 1.17. The van der Waals surface area contributed by atoms with E-state index in [1.54, 1.807) is 0 Å². The summed E-state index contributed by atoms with van der Waals surface area (Å²) in [4.78, 5) is 0. The minimum absolute atomic E-state index is 0.00518. The molecule has 0 radical (unpaired) electrons. The molecule has 1 aliphatic heterocycles. The number of nitrogen functional groups attached to an aromatic ring is 1. The fraction of sp³-hybridized carbons (Fsp3) is 0.800. The molecule has 1 aromatic rings. The third-order valence-corrected chi connectivity index (χ3v) is 4.92. The highest BCUT2D eigenvalue weighted by Gasteiger charge is 2.35. The lowest BCUT2D eigenvalue weighted by atomic mass is 9.86. The maximum Gasteiger partial charge on any atom is 0.197 e. The first-order valence-electron chi connectivity index (χ1n) is 7.82. The van der Waals surface area contributed by atoms with E-state index >= 15 is 0 Å². The van der Waals surface area contributed by atoms with Crippen molar-refractivity contribution >= 4 is 22.4 Å². The molecule has 0 aliphatic carbocycles. The molecular formula is C15H27N3O2S. The van der Waals surface area contributed by atoms with Gasteiger partial charge in [-0.3, -0.25) is 0 Å². The number of hydrogen-bond acceptors (Lipinski definition) is 6. The Balaban J connectivity index is 2.08. The minimum atomic E-state index is 0.00518. The molecule has 1 aromatic heterocycles. The Morgan fingerprint density at radius 3 is 2.81 bits per heavy atom. The van der Waals surface area contributed by atoms with Gasteiger partial charge in [0.1, 0.15) is 0 Å². The normalized spacial score (nSPS) is 21.5. The van der Waals surface area contributed by atoms with Gasteiger partial charge in [-0.25, -0.2) is 0 Å². The van der Waals surface area contributed by atoms with Crippen LogP contribution in [-0.4, -0.2) is 28.7 Å². The minimum Gasteiger partial charge on any atom is -0.484 e. The second-order valence-corrected chi connectivity index (χ2v) is 6.74. The van der Waals surface area contributed by atoms with Crippen LogP contribution >= 0.6 is 11.5 Å². The summed E-state index contributed by atoms with van der Waals surface area (Å²) in [7, 11) is 0. The number of ether oxygens (including phenoxy) is 2. The third-order valence-electron chi connectivity index (χ3n) is 4.14. The average molecular weight is 313 g/mol. The number of nitrogens with zero attached hydrogens (tertiary/aromatic N) is 1. The number of nitrogens with two attached hydrogens (primary N) is 1. The van der Waals surface area contributed by atoms with Crippen LogP contribution in [-0.2, 0) is 4.74 Å². The highest BCUT2D eigenvalue weighted by molar-refractivity contribution is 7.11. The summed E-state index contributed by atoms with van der Waals surface area (Å²) in [5, 5.41) is 4.51. The van der Waals surface area contributed by atoms with Crippen molar-refractivity contribution in [1.82, 2.24) is 4.37 Å². The van der Waals surface area contributed by atoms with Gasteiger partial charge in [-0.15, -0.1) is 0 Å². The van der Waals surface area contributed by atoms with Crippen molar-refractivity contribution in [2.24, 2.45) is 0 Å². The Hall–Kier alpha value is -1.01. The number of nitrogens with one attached hydrogen (secondary N) is 1.